The molecule has 1 aliphatic heterocycles. The molecule has 1 aromatic carbocycles. The topological polar surface area (TPSA) is 74.3 Å². The highest BCUT2D eigenvalue weighted by atomic mass is 16.5. The maximum Gasteiger partial charge on any atom is 0.331 e. The number of amides is 1. The van der Waals surface area contributed by atoms with Crippen LogP contribution in [0.5, 0.6) is 17.2 Å². The van der Waals surface area contributed by atoms with Gasteiger partial charge in [0, 0.05) is 29.8 Å². The summed E-state index contributed by atoms with van der Waals surface area (Å²) in [7, 11) is 4.59. The molecule has 7 nitrogen and oxygen atoms in total. The number of piperidine rings is 1. The van der Waals surface area contributed by atoms with Crippen molar-refractivity contribution in [3.05, 3.63) is 23.8 Å². The summed E-state index contributed by atoms with van der Waals surface area (Å²) >= 11 is 0. The Morgan fingerprint density at radius 3 is 2.14 bits per heavy atom. The molecule has 0 aromatic heterocycles. The molecule has 0 radical (unpaired) electrons. The van der Waals surface area contributed by atoms with Crippen molar-refractivity contribution in [3.63, 3.8) is 0 Å². The van der Waals surface area contributed by atoms with Gasteiger partial charge in [0.15, 0.2) is 18.1 Å². The van der Waals surface area contributed by atoms with Crippen LogP contribution in [0.2, 0.25) is 0 Å². The highest BCUT2D eigenvalue weighted by Gasteiger charge is 2.29. The van der Waals surface area contributed by atoms with Crippen LogP contribution in [0, 0.1) is 0 Å². The first kappa shape index (κ1) is 21.6. The maximum atomic E-state index is 12.4. The van der Waals surface area contributed by atoms with Crippen molar-refractivity contribution in [1.82, 2.24) is 4.90 Å². The first-order valence-corrected chi connectivity index (χ1v) is 9.37. The van der Waals surface area contributed by atoms with Gasteiger partial charge in [0.25, 0.3) is 5.91 Å². The Kier molecular flexibility index (Phi) is 7.72. The number of benzene rings is 1. The van der Waals surface area contributed by atoms with E-state index in [0.29, 0.717) is 22.8 Å². The smallest absolute Gasteiger partial charge is 0.331 e. The number of carbonyl (C=O) groups is 2. The number of ether oxygens (including phenoxy) is 4. The molecule has 1 heterocycles. The molecule has 28 heavy (non-hydrogen) atoms. The number of hydrogen-bond acceptors (Lipinski definition) is 6. The molecule has 0 unspecified atom stereocenters. The van der Waals surface area contributed by atoms with E-state index < -0.39 is 5.97 Å². The fourth-order valence-corrected chi connectivity index (χ4v) is 3.51. The van der Waals surface area contributed by atoms with E-state index in [1.54, 1.807) is 18.2 Å². The predicted octanol–water partition coefficient (Wildman–Crippen LogP) is 3.06. The van der Waals surface area contributed by atoms with Crippen LogP contribution in [0.15, 0.2) is 18.2 Å². The molecule has 1 fully saturated rings. The Balaban J connectivity index is 2.01. The van der Waals surface area contributed by atoms with Crippen LogP contribution in [-0.2, 0) is 14.3 Å². The van der Waals surface area contributed by atoms with Crippen molar-refractivity contribution in [2.45, 2.75) is 45.2 Å². The van der Waals surface area contributed by atoms with Gasteiger partial charge in [-0.3, -0.25) is 4.79 Å². The number of rotatable bonds is 7. The minimum atomic E-state index is -0.595. The van der Waals surface area contributed by atoms with E-state index in [4.69, 9.17) is 18.9 Å². The number of likely N-dealkylation sites (tertiary alicyclic amines) is 1. The lowest BCUT2D eigenvalue weighted by Gasteiger charge is -2.38. The number of methoxy groups -OCH3 is 3. The quantitative estimate of drug-likeness (QED) is 0.525. The van der Waals surface area contributed by atoms with Crippen LogP contribution in [0.4, 0.5) is 0 Å². The lowest BCUT2D eigenvalue weighted by molar-refractivity contribution is -0.151. The van der Waals surface area contributed by atoms with Crippen molar-refractivity contribution in [2.24, 2.45) is 0 Å². The Morgan fingerprint density at radius 1 is 1.00 bits per heavy atom. The molecule has 0 aliphatic carbocycles. The van der Waals surface area contributed by atoms with Crippen LogP contribution in [-0.4, -0.2) is 56.8 Å². The predicted molar refractivity (Wildman–Crippen MR) is 106 cm³/mol. The second-order valence-corrected chi connectivity index (χ2v) is 6.82. The number of esters is 1. The summed E-state index contributed by atoms with van der Waals surface area (Å²) in [5.41, 5.74) is 0.627. The molecule has 1 aliphatic rings. The van der Waals surface area contributed by atoms with Crippen molar-refractivity contribution >= 4 is 18.0 Å². The van der Waals surface area contributed by atoms with Gasteiger partial charge in [0.2, 0.25) is 0 Å². The molecule has 0 saturated carbocycles. The van der Waals surface area contributed by atoms with Gasteiger partial charge in [-0.15, -0.1) is 0 Å². The summed E-state index contributed by atoms with van der Waals surface area (Å²) in [6.07, 6.45) is 5.88. The third kappa shape index (κ3) is 5.18. The van der Waals surface area contributed by atoms with Crippen molar-refractivity contribution in [3.8, 4) is 17.2 Å². The van der Waals surface area contributed by atoms with Gasteiger partial charge in [-0.2, -0.15) is 0 Å². The van der Waals surface area contributed by atoms with E-state index >= 15 is 0 Å². The monoisotopic (exact) mass is 391 g/mol. The largest absolute Gasteiger partial charge is 0.496 e. The summed E-state index contributed by atoms with van der Waals surface area (Å²) in [5, 5.41) is 0. The highest BCUT2D eigenvalue weighted by molar-refractivity contribution is 5.90. The molecule has 1 amide bonds. The molecular formula is C21H29NO6. The summed E-state index contributed by atoms with van der Waals surface area (Å²) < 4.78 is 21.0. The molecule has 0 spiro atoms. The van der Waals surface area contributed by atoms with Crippen LogP contribution in [0.3, 0.4) is 0 Å². The molecular weight excluding hydrogens is 362 g/mol. The molecule has 1 saturated heterocycles. The van der Waals surface area contributed by atoms with Gasteiger partial charge in [-0.1, -0.05) is 0 Å². The van der Waals surface area contributed by atoms with E-state index in [2.05, 4.69) is 0 Å². The van der Waals surface area contributed by atoms with E-state index in [1.807, 2.05) is 18.7 Å². The van der Waals surface area contributed by atoms with Crippen molar-refractivity contribution in [2.75, 3.05) is 27.9 Å². The zero-order chi connectivity index (χ0) is 20.7. The van der Waals surface area contributed by atoms with E-state index in [-0.39, 0.29) is 24.6 Å². The molecule has 2 atom stereocenters. The molecule has 0 N–H and O–H groups in total. The molecule has 7 heteroatoms. The number of hydrogen-bond donors (Lipinski definition) is 0. The van der Waals surface area contributed by atoms with Gasteiger partial charge in [-0.05, 0) is 45.3 Å². The van der Waals surface area contributed by atoms with Crippen LogP contribution >= 0.6 is 0 Å². The number of carbonyl (C=O) groups excluding carboxylic acids is 2. The van der Waals surface area contributed by atoms with E-state index in [1.165, 1.54) is 27.4 Å². The summed E-state index contributed by atoms with van der Waals surface area (Å²) in [5.74, 6) is 0.801. The van der Waals surface area contributed by atoms with Crippen LogP contribution < -0.4 is 14.2 Å². The zero-order valence-electron chi connectivity index (χ0n) is 17.2. The van der Waals surface area contributed by atoms with Gasteiger partial charge >= 0.3 is 5.97 Å². The fraction of sp³-hybridized carbons (Fsp3) is 0.524. The average Bonchev–Trinajstić information content (AvgIpc) is 2.69. The van der Waals surface area contributed by atoms with Gasteiger partial charge in [0.1, 0.15) is 5.75 Å². The minimum Gasteiger partial charge on any atom is -0.496 e. The van der Waals surface area contributed by atoms with Gasteiger partial charge in [0.05, 0.1) is 21.3 Å². The molecule has 1 aromatic rings. The second-order valence-electron chi connectivity index (χ2n) is 6.82. The third-order valence-corrected chi connectivity index (χ3v) is 4.95. The second kappa shape index (κ2) is 10.0. The van der Waals surface area contributed by atoms with Gasteiger partial charge in [-0.25, -0.2) is 4.79 Å². The summed E-state index contributed by atoms with van der Waals surface area (Å²) in [6.45, 7) is 3.79. The van der Waals surface area contributed by atoms with E-state index in [0.717, 1.165) is 19.3 Å². The molecule has 154 valence electrons. The zero-order valence-corrected chi connectivity index (χ0v) is 17.2. The van der Waals surface area contributed by atoms with Crippen molar-refractivity contribution < 1.29 is 28.5 Å². The fourth-order valence-electron chi connectivity index (χ4n) is 3.51. The SMILES string of the molecule is COc1cc(OC)c(OC)cc1/C=C/C(=O)OCC(=O)N1[C@H](C)CCC[C@@H]1C. The normalized spacial score (nSPS) is 19.4. The lowest BCUT2D eigenvalue weighted by atomic mass is 9.97. The minimum absolute atomic E-state index is 0.162. The summed E-state index contributed by atoms with van der Waals surface area (Å²) in [4.78, 5) is 26.3. The number of nitrogens with zero attached hydrogens (tertiary/aromatic N) is 1. The molecule has 0 bridgehead atoms. The van der Waals surface area contributed by atoms with Crippen LogP contribution in [0.1, 0.15) is 38.7 Å². The Hall–Kier alpha value is -2.70. The first-order valence-electron chi connectivity index (χ1n) is 9.37. The van der Waals surface area contributed by atoms with E-state index in [9.17, 15) is 9.59 Å². The summed E-state index contributed by atoms with van der Waals surface area (Å²) in [6, 6.07) is 3.71. The van der Waals surface area contributed by atoms with Crippen molar-refractivity contribution in [1.29, 1.82) is 0 Å². The standard InChI is InChI=1S/C21H29NO6/c1-14-7-6-8-15(2)22(14)20(23)13-28-21(24)10-9-16-11-18(26-4)19(27-5)12-17(16)25-3/h9-12,14-15H,6-8,13H2,1-5H3/b10-9+/t14-,15+. The Morgan fingerprint density at radius 2 is 1.57 bits per heavy atom. The lowest BCUT2D eigenvalue weighted by Crippen LogP contribution is -2.49. The molecule has 2 rings (SSSR count). The maximum absolute atomic E-state index is 12.4. The third-order valence-electron chi connectivity index (χ3n) is 4.95. The average molecular weight is 391 g/mol. The van der Waals surface area contributed by atoms with Gasteiger partial charge < -0.3 is 23.8 Å². The van der Waals surface area contributed by atoms with Crippen LogP contribution in [0.25, 0.3) is 6.08 Å². The highest BCUT2D eigenvalue weighted by Crippen LogP contribution is 2.35. The first-order chi connectivity index (χ1) is 13.4. The Bertz CT molecular complexity index is 720. The Labute approximate surface area is 166 Å².